The molecule has 0 aliphatic heterocycles. The highest BCUT2D eigenvalue weighted by atomic mass is 16.5. The first-order valence-corrected chi connectivity index (χ1v) is 7.02. The Labute approximate surface area is 117 Å². The van der Waals surface area contributed by atoms with Gasteiger partial charge in [-0.15, -0.1) is 0 Å². The van der Waals surface area contributed by atoms with Gasteiger partial charge in [0.1, 0.15) is 11.6 Å². The summed E-state index contributed by atoms with van der Waals surface area (Å²) in [6.07, 6.45) is 1.95. The fourth-order valence-electron chi connectivity index (χ4n) is 1.66. The normalized spacial score (nSPS) is 13.4. The van der Waals surface area contributed by atoms with Gasteiger partial charge in [0, 0.05) is 31.6 Å². The van der Waals surface area contributed by atoms with Crippen LogP contribution in [0.4, 0.5) is 5.82 Å². The molecular formula is C15H27N3O. The van der Waals surface area contributed by atoms with Crippen molar-refractivity contribution in [2.24, 2.45) is 0 Å². The quantitative estimate of drug-likeness (QED) is 0.858. The molecule has 1 atom stereocenters. The van der Waals surface area contributed by atoms with Gasteiger partial charge in [0.2, 0.25) is 0 Å². The first-order valence-electron chi connectivity index (χ1n) is 7.02. The fraction of sp³-hybridized carbons (Fsp3) is 0.733. The molecule has 0 aromatic carbocycles. The molecule has 4 heteroatoms. The van der Waals surface area contributed by atoms with E-state index in [4.69, 9.17) is 4.74 Å². The SMILES string of the molecule is CCCNc1cc(C(C)(C)C)nc(CC(C)OC)n1. The summed E-state index contributed by atoms with van der Waals surface area (Å²) in [7, 11) is 1.72. The zero-order chi connectivity index (χ0) is 14.5. The van der Waals surface area contributed by atoms with Crippen LogP contribution in [0.2, 0.25) is 0 Å². The van der Waals surface area contributed by atoms with Gasteiger partial charge >= 0.3 is 0 Å². The minimum Gasteiger partial charge on any atom is -0.381 e. The largest absolute Gasteiger partial charge is 0.381 e. The van der Waals surface area contributed by atoms with Crippen LogP contribution in [0.25, 0.3) is 0 Å². The number of ether oxygens (including phenoxy) is 1. The summed E-state index contributed by atoms with van der Waals surface area (Å²) in [5.74, 6) is 1.76. The summed E-state index contributed by atoms with van der Waals surface area (Å²) in [6.45, 7) is 11.6. The van der Waals surface area contributed by atoms with E-state index in [1.807, 2.05) is 6.92 Å². The second-order valence-corrected chi connectivity index (χ2v) is 5.98. The van der Waals surface area contributed by atoms with Crippen molar-refractivity contribution in [3.05, 3.63) is 17.6 Å². The topological polar surface area (TPSA) is 47.0 Å². The van der Waals surface area contributed by atoms with Crippen molar-refractivity contribution in [1.82, 2.24) is 9.97 Å². The van der Waals surface area contributed by atoms with Gasteiger partial charge in [-0.1, -0.05) is 27.7 Å². The Morgan fingerprint density at radius 2 is 2.00 bits per heavy atom. The number of hydrogen-bond donors (Lipinski definition) is 1. The molecule has 0 amide bonds. The summed E-state index contributed by atoms with van der Waals surface area (Å²) in [4.78, 5) is 9.24. The van der Waals surface area contributed by atoms with Gasteiger partial charge in [-0.3, -0.25) is 0 Å². The lowest BCUT2D eigenvalue weighted by atomic mass is 9.92. The van der Waals surface area contributed by atoms with Gasteiger partial charge in [0.25, 0.3) is 0 Å². The molecule has 1 unspecified atom stereocenters. The molecule has 0 saturated heterocycles. The number of nitrogens with one attached hydrogen (secondary N) is 1. The molecule has 1 aromatic heterocycles. The highest BCUT2D eigenvalue weighted by molar-refractivity contribution is 5.38. The second-order valence-electron chi connectivity index (χ2n) is 5.98. The molecule has 1 aromatic rings. The molecule has 0 fully saturated rings. The molecule has 0 aliphatic carbocycles. The number of anilines is 1. The van der Waals surface area contributed by atoms with E-state index in [2.05, 4.69) is 49.0 Å². The van der Waals surface area contributed by atoms with Crippen LogP contribution in [0.5, 0.6) is 0 Å². The molecule has 0 spiro atoms. The molecule has 0 bridgehead atoms. The molecular weight excluding hydrogens is 238 g/mol. The van der Waals surface area contributed by atoms with Crippen molar-refractivity contribution in [2.75, 3.05) is 19.0 Å². The summed E-state index contributed by atoms with van der Waals surface area (Å²) in [5, 5.41) is 3.35. The molecule has 1 N–H and O–H groups in total. The van der Waals surface area contributed by atoms with Gasteiger partial charge in [-0.2, -0.15) is 0 Å². The average Bonchev–Trinajstić information content (AvgIpc) is 2.34. The Morgan fingerprint density at radius 1 is 1.32 bits per heavy atom. The maximum atomic E-state index is 5.30. The van der Waals surface area contributed by atoms with Gasteiger partial charge in [-0.25, -0.2) is 9.97 Å². The minimum atomic E-state index is 0.0244. The van der Waals surface area contributed by atoms with Gasteiger partial charge < -0.3 is 10.1 Å². The summed E-state index contributed by atoms with van der Waals surface area (Å²) in [6, 6.07) is 2.05. The van der Waals surface area contributed by atoms with Gasteiger partial charge in [0.15, 0.2) is 0 Å². The zero-order valence-electron chi connectivity index (χ0n) is 13.1. The average molecular weight is 265 g/mol. The van der Waals surface area contributed by atoms with E-state index in [1.54, 1.807) is 7.11 Å². The van der Waals surface area contributed by atoms with Crippen LogP contribution in [0, 0.1) is 0 Å². The number of methoxy groups -OCH3 is 1. The van der Waals surface area contributed by atoms with Crippen LogP contribution in [-0.4, -0.2) is 29.7 Å². The predicted molar refractivity (Wildman–Crippen MR) is 79.7 cm³/mol. The van der Waals surface area contributed by atoms with E-state index in [0.717, 1.165) is 36.7 Å². The highest BCUT2D eigenvalue weighted by Crippen LogP contribution is 2.22. The number of nitrogens with zero attached hydrogens (tertiary/aromatic N) is 2. The Bertz CT molecular complexity index is 399. The first kappa shape index (κ1) is 15.9. The molecule has 0 radical (unpaired) electrons. The lowest BCUT2D eigenvalue weighted by Crippen LogP contribution is -2.19. The van der Waals surface area contributed by atoms with Crippen molar-refractivity contribution in [2.45, 2.75) is 59.0 Å². The molecule has 4 nitrogen and oxygen atoms in total. The van der Waals surface area contributed by atoms with E-state index in [1.165, 1.54) is 0 Å². The van der Waals surface area contributed by atoms with Crippen molar-refractivity contribution in [1.29, 1.82) is 0 Å². The fourth-order valence-corrected chi connectivity index (χ4v) is 1.66. The molecule has 0 saturated carbocycles. The van der Waals surface area contributed by atoms with Crippen molar-refractivity contribution < 1.29 is 4.74 Å². The minimum absolute atomic E-state index is 0.0244. The lowest BCUT2D eigenvalue weighted by molar-refractivity contribution is 0.117. The van der Waals surface area contributed by atoms with Crippen LogP contribution >= 0.6 is 0 Å². The third-order valence-corrected chi connectivity index (χ3v) is 2.97. The monoisotopic (exact) mass is 265 g/mol. The summed E-state index contributed by atoms with van der Waals surface area (Å²) in [5.41, 5.74) is 1.09. The molecule has 19 heavy (non-hydrogen) atoms. The second kappa shape index (κ2) is 6.85. The third-order valence-electron chi connectivity index (χ3n) is 2.97. The van der Waals surface area contributed by atoms with Crippen molar-refractivity contribution in [3.63, 3.8) is 0 Å². The first-order chi connectivity index (χ1) is 8.86. The maximum Gasteiger partial charge on any atom is 0.133 e. The molecule has 0 aliphatic rings. The van der Waals surface area contributed by atoms with Crippen LogP contribution < -0.4 is 5.32 Å². The van der Waals surface area contributed by atoms with E-state index >= 15 is 0 Å². The Morgan fingerprint density at radius 3 is 2.53 bits per heavy atom. The van der Waals surface area contributed by atoms with Crippen LogP contribution in [0.3, 0.4) is 0 Å². The predicted octanol–water partition coefficient (Wildman–Crippen LogP) is 3.17. The van der Waals surface area contributed by atoms with E-state index in [-0.39, 0.29) is 11.5 Å². The lowest BCUT2D eigenvalue weighted by Gasteiger charge is -2.20. The maximum absolute atomic E-state index is 5.30. The highest BCUT2D eigenvalue weighted by Gasteiger charge is 2.18. The smallest absolute Gasteiger partial charge is 0.133 e. The van der Waals surface area contributed by atoms with Crippen molar-refractivity contribution in [3.8, 4) is 0 Å². The third kappa shape index (κ3) is 5.15. The van der Waals surface area contributed by atoms with Crippen LogP contribution in [0.1, 0.15) is 52.6 Å². The Kier molecular flexibility index (Phi) is 5.73. The van der Waals surface area contributed by atoms with Gasteiger partial charge in [-0.05, 0) is 13.3 Å². The number of aromatic nitrogens is 2. The summed E-state index contributed by atoms with van der Waals surface area (Å²) < 4.78 is 5.30. The number of rotatable bonds is 6. The van der Waals surface area contributed by atoms with Crippen molar-refractivity contribution >= 4 is 5.82 Å². The van der Waals surface area contributed by atoms with E-state index in [0.29, 0.717) is 0 Å². The zero-order valence-corrected chi connectivity index (χ0v) is 13.1. The Hall–Kier alpha value is -1.16. The Balaban J connectivity index is 3.02. The molecule has 1 rings (SSSR count). The van der Waals surface area contributed by atoms with Crippen LogP contribution in [0.15, 0.2) is 6.07 Å². The number of hydrogen-bond acceptors (Lipinski definition) is 4. The van der Waals surface area contributed by atoms with Crippen LogP contribution in [-0.2, 0) is 16.6 Å². The van der Waals surface area contributed by atoms with Gasteiger partial charge in [0.05, 0.1) is 11.8 Å². The van der Waals surface area contributed by atoms with E-state index < -0.39 is 0 Å². The molecule has 1 heterocycles. The molecule has 108 valence electrons. The standard InChI is InChI=1S/C15H27N3O/c1-7-8-16-13-10-12(15(3,4)5)17-14(18-13)9-11(2)19-6/h10-11H,7-9H2,1-6H3,(H,16,17,18). The van der Waals surface area contributed by atoms with E-state index in [9.17, 15) is 0 Å². The summed E-state index contributed by atoms with van der Waals surface area (Å²) >= 11 is 0.